The molecule has 0 heterocycles. The van der Waals surface area contributed by atoms with Gasteiger partial charge >= 0.3 is 0 Å². The van der Waals surface area contributed by atoms with Crippen LogP contribution in [0.3, 0.4) is 0 Å². The van der Waals surface area contributed by atoms with Crippen LogP contribution < -0.4 is 15.8 Å². The highest BCUT2D eigenvalue weighted by Crippen LogP contribution is 2.12. The van der Waals surface area contributed by atoms with E-state index >= 15 is 0 Å². The number of aliphatic hydroxyl groups excluding tert-OH is 1. The van der Waals surface area contributed by atoms with E-state index in [9.17, 15) is 5.11 Å². The van der Waals surface area contributed by atoms with Crippen molar-refractivity contribution in [3.05, 3.63) is 59.7 Å². The molecule has 0 saturated heterocycles. The van der Waals surface area contributed by atoms with Gasteiger partial charge in [0.25, 0.3) is 0 Å². The van der Waals surface area contributed by atoms with Crippen LogP contribution in [0.5, 0.6) is 5.75 Å². The molecule has 0 aliphatic heterocycles. The molecule has 2 aromatic carbocycles. The summed E-state index contributed by atoms with van der Waals surface area (Å²) in [5.74, 6) is 0.588. The van der Waals surface area contributed by atoms with E-state index in [2.05, 4.69) is 11.4 Å². The van der Waals surface area contributed by atoms with Gasteiger partial charge in [0.1, 0.15) is 18.5 Å². The highest BCUT2D eigenvalue weighted by Gasteiger charge is 2.05. The third-order valence-corrected chi connectivity index (χ3v) is 3.36. The molecular weight excluding hydrogens is 290 g/mol. The number of anilines is 1. The standard InChI is InChI=1S/C18H21N3O2/c19-11-15-2-1-3-18(10-15)23-13-17(22)12-21-9-8-14-4-6-16(20)7-5-14/h1-7,10,17,21-22H,8-9,12-13,20H2. The van der Waals surface area contributed by atoms with E-state index in [1.165, 1.54) is 5.56 Å². The lowest BCUT2D eigenvalue weighted by Crippen LogP contribution is -2.32. The van der Waals surface area contributed by atoms with E-state index in [0.29, 0.717) is 17.9 Å². The fourth-order valence-electron chi connectivity index (χ4n) is 2.09. The van der Waals surface area contributed by atoms with Crippen molar-refractivity contribution in [2.24, 2.45) is 0 Å². The zero-order chi connectivity index (χ0) is 16.5. The Bertz CT molecular complexity index is 650. The Balaban J connectivity index is 1.64. The summed E-state index contributed by atoms with van der Waals surface area (Å²) in [6.07, 6.45) is 0.269. The molecule has 23 heavy (non-hydrogen) atoms. The predicted octanol–water partition coefficient (Wildman–Crippen LogP) is 1.71. The summed E-state index contributed by atoms with van der Waals surface area (Å²) in [5.41, 5.74) is 8.14. The Morgan fingerprint density at radius 1 is 1.22 bits per heavy atom. The zero-order valence-corrected chi connectivity index (χ0v) is 12.9. The highest BCUT2D eigenvalue weighted by atomic mass is 16.5. The third-order valence-electron chi connectivity index (χ3n) is 3.36. The van der Waals surface area contributed by atoms with Crippen molar-refractivity contribution >= 4 is 5.69 Å². The van der Waals surface area contributed by atoms with Gasteiger partial charge in [-0.05, 0) is 48.9 Å². The van der Waals surface area contributed by atoms with Gasteiger partial charge in [0.05, 0.1) is 11.6 Å². The van der Waals surface area contributed by atoms with Gasteiger partial charge in [-0.25, -0.2) is 0 Å². The predicted molar refractivity (Wildman–Crippen MR) is 90.1 cm³/mol. The lowest BCUT2D eigenvalue weighted by molar-refractivity contribution is 0.106. The van der Waals surface area contributed by atoms with E-state index in [1.807, 2.05) is 24.3 Å². The molecule has 0 aromatic heterocycles. The Hall–Kier alpha value is -2.55. The molecule has 0 spiro atoms. The Labute approximate surface area is 136 Å². The second-order valence-electron chi connectivity index (χ2n) is 5.30. The Kier molecular flexibility index (Phi) is 6.42. The van der Waals surface area contributed by atoms with Crippen LogP contribution in [0, 0.1) is 11.3 Å². The zero-order valence-electron chi connectivity index (χ0n) is 12.9. The summed E-state index contributed by atoms with van der Waals surface area (Å²) in [5, 5.41) is 21.9. The van der Waals surface area contributed by atoms with Crippen molar-refractivity contribution in [2.75, 3.05) is 25.4 Å². The maximum Gasteiger partial charge on any atom is 0.120 e. The molecule has 2 aromatic rings. The summed E-state index contributed by atoms with van der Waals surface area (Å²) in [4.78, 5) is 0. The number of nitrogens with zero attached hydrogens (tertiary/aromatic N) is 1. The van der Waals surface area contributed by atoms with E-state index in [-0.39, 0.29) is 6.61 Å². The number of aliphatic hydroxyl groups is 1. The number of hydrogen-bond acceptors (Lipinski definition) is 5. The van der Waals surface area contributed by atoms with Crippen molar-refractivity contribution in [2.45, 2.75) is 12.5 Å². The average molecular weight is 311 g/mol. The molecule has 0 bridgehead atoms. The second kappa shape index (κ2) is 8.79. The van der Waals surface area contributed by atoms with Crippen molar-refractivity contribution in [1.82, 2.24) is 5.32 Å². The number of hydrogen-bond donors (Lipinski definition) is 3. The van der Waals surface area contributed by atoms with Crippen LogP contribution >= 0.6 is 0 Å². The van der Waals surface area contributed by atoms with Gasteiger partial charge in [-0.15, -0.1) is 0 Å². The third kappa shape index (κ3) is 5.99. The van der Waals surface area contributed by atoms with E-state index in [0.717, 1.165) is 18.7 Å². The summed E-state index contributed by atoms with van der Waals surface area (Å²) in [6.45, 7) is 1.40. The molecule has 5 nitrogen and oxygen atoms in total. The van der Waals surface area contributed by atoms with Crippen LogP contribution in [0.2, 0.25) is 0 Å². The molecule has 0 aliphatic carbocycles. The van der Waals surface area contributed by atoms with E-state index in [4.69, 9.17) is 15.7 Å². The van der Waals surface area contributed by atoms with E-state index < -0.39 is 6.10 Å². The number of rotatable bonds is 8. The fourth-order valence-corrected chi connectivity index (χ4v) is 2.09. The van der Waals surface area contributed by atoms with Gasteiger partial charge in [0.2, 0.25) is 0 Å². The minimum Gasteiger partial charge on any atom is -0.491 e. The number of nitrogens with one attached hydrogen (secondary N) is 1. The molecule has 0 fully saturated rings. The minimum atomic E-state index is -0.604. The number of ether oxygens (including phenoxy) is 1. The van der Waals surface area contributed by atoms with Gasteiger partial charge in [0.15, 0.2) is 0 Å². The Morgan fingerprint density at radius 2 is 2.00 bits per heavy atom. The lowest BCUT2D eigenvalue weighted by atomic mass is 10.1. The molecule has 0 radical (unpaired) electrons. The highest BCUT2D eigenvalue weighted by molar-refractivity contribution is 5.39. The first-order valence-electron chi connectivity index (χ1n) is 7.53. The van der Waals surface area contributed by atoms with Gasteiger partial charge in [0, 0.05) is 12.2 Å². The summed E-state index contributed by atoms with van der Waals surface area (Å²) < 4.78 is 5.48. The van der Waals surface area contributed by atoms with Gasteiger partial charge < -0.3 is 20.9 Å². The molecule has 0 amide bonds. The maximum absolute atomic E-state index is 9.90. The van der Waals surface area contributed by atoms with E-state index in [1.54, 1.807) is 24.3 Å². The van der Waals surface area contributed by atoms with Crippen molar-refractivity contribution in [3.63, 3.8) is 0 Å². The normalized spacial score (nSPS) is 11.7. The summed E-state index contributed by atoms with van der Waals surface area (Å²) in [7, 11) is 0. The molecule has 5 heteroatoms. The largest absolute Gasteiger partial charge is 0.491 e. The minimum absolute atomic E-state index is 0.184. The molecule has 2 rings (SSSR count). The van der Waals surface area contributed by atoms with Crippen LogP contribution in [0.25, 0.3) is 0 Å². The number of benzene rings is 2. The summed E-state index contributed by atoms with van der Waals surface area (Å²) in [6, 6.07) is 16.7. The van der Waals surface area contributed by atoms with Crippen LogP contribution in [-0.4, -0.2) is 30.9 Å². The lowest BCUT2D eigenvalue weighted by Gasteiger charge is -2.13. The Morgan fingerprint density at radius 3 is 2.74 bits per heavy atom. The molecule has 4 N–H and O–H groups in total. The molecular formula is C18H21N3O2. The number of nitrogens with two attached hydrogens (primary N) is 1. The number of nitriles is 1. The number of nitrogen functional groups attached to an aromatic ring is 1. The topological polar surface area (TPSA) is 91.3 Å². The van der Waals surface area contributed by atoms with Crippen molar-refractivity contribution in [3.8, 4) is 11.8 Å². The van der Waals surface area contributed by atoms with Crippen LogP contribution in [-0.2, 0) is 6.42 Å². The first-order valence-corrected chi connectivity index (χ1v) is 7.53. The second-order valence-corrected chi connectivity index (χ2v) is 5.30. The van der Waals surface area contributed by atoms with Crippen molar-refractivity contribution < 1.29 is 9.84 Å². The quantitative estimate of drug-likeness (QED) is 0.510. The fraction of sp³-hybridized carbons (Fsp3) is 0.278. The molecule has 1 atom stereocenters. The average Bonchev–Trinajstić information content (AvgIpc) is 2.58. The first-order chi connectivity index (χ1) is 11.2. The molecule has 1 unspecified atom stereocenters. The van der Waals surface area contributed by atoms with Crippen molar-refractivity contribution in [1.29, 1.82) is 5.26 Å². The van der Waals surface area contributed by atoms with Crippen LogP contribution in [0.1, 0.15) is 11.1 Å². The monoisotopic (exact) mass is 311 g/mol. The first kappa shape index (κ1) is 16.8. The molecule has 0 aliphatic rings. The smallest absolute Gasteiger partial charge is 0.120 e. The SMILES string of the molecule is N#Cc1cccc(OCC(O)CNCCc2ccc(N)cc2)c1. The summed E-state index contributed by atoms with van der Waals surface area (Å²) >= 11 is 0. The van der Waals surface area contributed by atoms with Gasteiger partial charge in [-0.2, -0.15) is 5.26 Å². The molecule has 0 saturated carbocycles. The maximum atomic E-state index is 9.90. The molecule has 120 valence electrons. The van der Waals surface area contributed by atoms with Crippen LogP contribution in [0.4, 0.5) is 5.69 Å². The van der Waals surface area contributed by atoms with Gasteiger partial charge in [-0.3, -0.25) is 0 Å². The van der Waals surface area contributed by atoms with Crippen LogP contribution in [0.15, 0.2) is 48.5 Å². The van der Waals surface area contributed by atoms with Gasteiger partial charge in [-0.1, -0.05) is 18.2 Å².